The molecule has 0 saturated heterocycles. The van der Waals surface area contributed by atoms with Crippen LogP contribution in [0.2, 0.25) is 5.15 Å². The number of nitrogens with zero attached hydrogens (tertiary/aromatic N) is 2. The number of carbonyl (C=O) groups is 1. The van der Waals surface area contributed by atoms with E-state index in [1.165, 1.54) is 6.07 Å². The minimum Gasteiger partial charge on any atom is -0.274 e. The molecule has 3 nitrogen and oxygen atoms in total. The van der Waals surface area contributed by atoms with Crippen LogP contribution in [-0.2, 0) is 0 Å². The summed E-state index contributed by atoms with van der Waals surface area (Å²) in [7, 11) is 0. The molecule has 0 aromatic carbocycles. The molecule has 1 aromatic heterocycles. The molecule has 0 aliphatic rings. The second-order valence-corrected chi connectivity index (χ2v) is 3.15. The third-order valence-corrected chi connectivity index (χ3v) is 2.03. The van der Waals surface area contributed by atoms with E-state index in [4.69, 9.17) is 28.5 Å². The van der Waals surface area contributed by atoms with Crippen LogP contribution in [0.1, 0.15) is 28.0 Å². The third-order valence-electron chi connectivity index (χ3n) is 1.54. The van der Waals surface area contributed by atoms with E-state index >= 15 is 0 Å². The third kappa shape index (κ3) is 2.41. The second-order valence-electron chi connectivity index (χ2n) is 2.45. The van der Waals surface area contributed by atoms with Crippen molar-refractivity contribution in [2.24, 2.45) is 0 Å². The highest BCUT2D eigenvalue weighted by Crippen LogP contribution is 2.27. The van der Waals surface area contributed by atoms with E-state index in [1.807, 2.05) is 0 Å². The van der Waals surface area contributed by atoms with Gasteiger partial charge in [0.25, 0.3) is 11.7 Å². The van der Waals surface area contributed by atoms with Gasteiger partial charge in [0.2, 0.25) is 0 Å². The Kier molecular flexibility index (Phi) is 3.56. The molecule has 0 N–H and O–H groups in total. The van der Waals surface area contributed by atoms with E-state index in [9.17, 15) is 13.6 Å². The van der Waals surface area contributed by atoms with Crippen LogP contribution < -0.4 is 0 Å². The first-order chi connectivity index (χ1) is 6.97. The highest BCUT2D eigenvalue weighted by molar-refractivity contribution is 6.67. The summed E-state index contributed by atoms with van der Waals surface area (Å²) < 4.78 is 24.7. The van der Waals surface area contributed by atoms with E-state index in [0.29, 0.717) is 0 Å². The SMILES string of the molecule is N#Cc1cc(C(F)F)c(Cl)nc1C(=O)Cl. The van der Waals surface area contributed by atoms with Gasteiger partial charge >= 0.3 is 0 Å². The molecule has 78 valence electrons. The Balaban J connectivity index is 3.44. The van der Waals surface area contributed by atoms with Crippen molar-refractivity contribution < 1.29 is 13.6 Å². The van der Waals surface area contributed by atoms with Crippen LogP contribution in [0.4, 0.5) is 8.78 Å². The highest BCUT2D eigenvalue weighted by Gasteiger charge is 2.19. The monoisotopic (exact) mass is 250 g/mol. The van der Waals surface area contributed by atoms with E-state index in [0.717, 1.165) is 6.07 Å². The first-order valence-corrected chi connectivity index (χ1v) is 4.31. The van der Waals surface area contributed by atoms with Crippen LogP contribution in [0.5, 0.6) is 0 Å². The predicted molar refractivity (Wildman–Crippen MR) is 49.1 cm³/mol. The number of rotatable bonds is 2. The highest BCUT2D eigenvalue weighted by atomic mass is 35.5. The number of hydrogen-bond acceptors (Lipinski definition) is 3. The topological polar surface area (TPSA) is 53.8 Å². The minimum atomic E-state index is -2.86. The molecule has 0 atom stereocenters. The van der Waals surface area contributed by atoms with Gasteiger partial charge in [-0.05, 0) is 17.7 Å². The molecule has 0 amide bonds. The molecule has 1 rings (SSSR count). The van der Waals surface area contributed by atoms with Gasteiger partial charge in [0.15, 0.2) is 0 Å². The van der Waals surface area contributed by atoms with Crippen molar-refractivity contribution in [3.05, 3.63) is 28.0 Å². The number of aromatic nitrogens is 1. The van der Waals surface area contributed by atoms with E-state index in [1.54, 1.807) is 0 Å². The normalized spacial score (nSPS) is 10.1. The fourth-order valence-electron chi connectivity index (χ4n) is 0.894. The summed E-state index contributed by atoms with van der Waals surface area (Å²) in [6.07, 6.45) is -2.86. The van der Waals surface area contributed by atoms with E-state index in [2.05, 4.69) is 4.98 Å². The Hall–Kier alpha value is -1.25. The van der Waals surface area contributed by atoms with Gasteiger partial charge in [0.1, 0.15) is 16.9 Å². The fraction of sp³-hybridized carbons (Fsp3) is 0.125. The van der Waals surface area contributed by atoms with Crippen LogP contribution in [0, 0.1) is 11.3 Å². The first kappa shape index (κ1) is 11.8. The molecule has 15 heavy (non-hydrogen) atoms. The molecular weight excluding hydrogens is 249 g/mol. The Bertz CT molecular complexity index is 457. The molecule has 0 unspecified atom stereocenters. The summed E-state index contributed by atoms with van der Waals surface area (Å²) in [4.78, 5) is 14.1. The zero-order chi connectivity index (χ0) is 11.6. The number of nitriles is 1. The molecule has 0 aliphatic heterocycles. The molecule has 1 aromatic rings. The summed E-state index contributed by atoms with van der Waals surface area (Å²) in [5, 5.41) is 7.02. The standard InChI is InChI=1S/C8H2Cl2F2N2O/c9-6-4(8(11)12)1-3(2-13)5(14-6)7(10)15/h1,8H. The fourth-order valence-corrected chi connectivity index (χ4v) is 1.26. The van der Waals surface area contributed by atoms with Crippen molar-refractivity contribution in [1.29, 1.82) is 5.26 Å². The number of hydrogen-bond donors (Lipinski definition) is 0. The van der Waals surface area contributed by atoms with Gasteiger partial charge in [-0.1, -0.05) is 11.6 Å². The van der Waals surface area contributed by atoms with E-state index < -0.39 is 28.1 Å². The van der Waals surface area contributed by atoms with E-state index in [-0.39, 0.29) is 5.56 Å². The number of halogens is 4. The lowest BCUT2D eigenvalue weighted by molar-refractivity contribution is 0.107. The second kappa shape index (κ2) is 4.51. The summed E-state index contributed by atoms with van der Waals surface area (Å²) in [6, 6.07) is 2.34. The number of alkyl halides is 2. The molecule has 1 heterocycles. The maximum atomic E-state index is 12.3. The number of pyridine rings is 1. The van der Waals surface area contributed by atoms with Gasteiger partial charge in [-0.3, -0.25) is 4.79 Å². The van der Waals surface area contributed by atoms with Crippen molar-refractivity contribution in [3.8, 4) is 6.07 Å². The summed E-state index contributed by atoms with van der Waals surface area (Å²) in [6.45, 7) is 0. The summed E-state index contributed by atoms with van der Waals surface area (Å²) >= 11 is 10.5. The summed E-state index contributed by atoms with van der Waals surface area (Å²) in [5.41, 5.74) is -1.35. The smallest absolute Gasteiger partial charge is 0.272 e. The number of carbonyl (C=O) groups excluding carboxylic acids is 1. The Labute approximate surface area is 93.2 Å². The summed E-state index contributed by atoms with van der Waals surface area (Å²) in [5.74, 6) is 0. The largest absolute Gasteiger partial charge is 0.274 e. The van der Waals surface area contributed by atoms with Gasteiger partial charge in [-0.25, -0.2) is 13.8 Å². The van der Waals surface area contributed by atoms with Crippen LogP contribution in [-0.4, -0.2) is 10.2 Å². The molecule has 0 radical (unpaired) electrons. The predicted octanol–water partition coefficient (Wildman–Crippen LogP) is 2.92. The quantitative estimate of drug-likeness (QED) is 0.599. The molecule has 0 bridgehead atoms. The van der Waals surface area contributed by atoms with Crippen molar-refractivity contribution in [1.82, 2.24) is 4.98 Å². The maximum absolute atomic E-state index is 12.3. The Morgan fingerprint density at radius 3 is 2.60 bits per heavy atom. The van der Waals surface area contributed by atoms with Gasteiger partial charge < -0.3 is 0 Å². The molecule has 0 fully saturated rings. The van der Waals surface area contributed by atoms with Crippen molar-refractivity contribution in [3.63, 3.8) is 0 Å². The van der Waals surface area contributed by atoms with Crippen LogP contribution >= 0.6 is 23.2 Å². The Morgan fingerprint density at radius 2 is 2.20 bits per heavy atom. The lowest BCUT2D eigenvalue weighted by atomic mass is 10.1. The van der Waals surface area contributed by atoms with Gasteiger partial charge in [-0.15, -0.1) is 0 Å². The lowest BCUT2D eigenvalue weighted by Crippen LogP contribution is -2.02. The molecule has 0 saturated carbocycles. The molecule has 7 heteroatoms. The molecule has 0 spiro atoms. The van der Waals surface area contributed by atoms with Gasteiger partial charge in [0, 0.05) is 0 Å². The van der Waals surface area contributed by atoms with Gasteiger partial charge in [-0.2, -0.15) is 5.26 Å². The first-order valence-electron chi connectivity index (χ1n) is 3.56. The van der Waals surface area contributed by atoms with Crippen LogP contribution in [0.3, 0.4) is 0 Å². The average molecular weight is 251 g/mol. The minimum absolute atomic E-state index is 0.324. The van der Waals surface area contributed by atoms with Crippen molar-refractivity contribution >= 4 is 28.4 Å². The molecule has 0 aliphatic carbocycles. The van der Waals surface area contributed by atoms with Gasteiger partial charge in [0.05, 0.1) is 11.1 Å². The van der Waals surface area contributed by atoms with Crippen molar-refractivity contribution in [2.75, 3.05) is 0 Å². The molecular formula is C8H2Cl2F2N2O. The van der Waals surface area contributed by atoms with Crippen LogP contribution in [0.25, 0.3) is 0 Å². The average Bonchev–Trinajstić information content (AvgIpc) is 2.16. The zero-order valence-electron chi connectivity index (χ0n) is 6.97. The van der Waals surface area contributed by atoms with Crippen LogP contribution in [0.15, 0.2) is 6.07 Å². The lowest BCUT2D eigenvalue weighted by Gasteiger charge is -2.04. The Morgan fingerprint density at radius 1 is 1.60 bits per heavy atom. The maximum Gasteiger partial charge on any atom is 0.272 e. The zero-order valence-corrected chi connectivity index (χ0v) is 8.48. The van der Waals surface area contributed by atoms with Crippen molar-refractivity contribution in [2.45, 2.75) is 6.43 Å².